The summed E-state index contributed by atoms with van der Waals surface area (Å²) in [6.45, 7) is 20.0. The van der Waals surface area contributed by atoms with Crippen molar-refractivity contribution in [3.8, 4) is 0 Å². The lowest BCUT2D eigenvalue weighted by Crippen LogP contribution is -3.14. The third-order valence-electron chi connectivity index (χ3n) is 15.6. The van der Waals surface area contributed by atoms with E-state index in [0.717, 1.165) is 99.9 Å². The number of hydrogen-bond acceptors (Lipinski definition) is 15. The molecule has 108 heavy (non-hydrogen) atoms. The molecule has 3 radical (unpaired) electrons. The molecule has 1 heterocycles. The molecular formula is C68H175BCl13N16O10+2. The molecule has 1 saturated heterocycles. The van der Waals surface area contributed by atoms with Crippen LogP contribution in [0, 0.1) is 0 Å². The molecule has 0 aromatic rings. The van der Waals surface area contributed by atoms with E-state index in [2.05, 4.69) is 172 Å². The fourth-order valence-electron chi connectivity index (χ4n) is 11.8. The molecule has 13 atom stereocenters. The standard InChI is InChI=1S/C24H57ClN5O4.C21H52N5O3.C17H42N4O2.C3H5ClO.CH6N2.2CH4.B.11ClH/c1-28(2,3)17-22(32)15-27(12-10-9-11-26-14-21(31)13-25)16-23(33)19-30(7,8)20-24(34)18-29(4,5)6;1-24(2,3)15-19(27)13-23(12-10-9-11-22)14-20(28)17-26(7,8)18-21(29)16-25(4,5)6;1-7-21(5,6)15-17(23)13-19(11-9-8-10-18)12-16(22)14-20(2,3)4;4-1-3-2-5-3;2-1-3;;;;;;;;;;;;;;/h21-24,26,31-34H,9-20H2,1-8H3;19-21,27-29H,9-18,22H2,1-8H3;16-17,22-23H,7-15,18H2,1-6H3;3H,1-2H2;1-3H2;2*1H4;;11*1H/q2*+3;+2;;;;;;;;;;;;;;;;/p-6. The first-order chi connectivity index (χ1) is 42.8. The lowest BCUT2D eigenvalue weighted by molar-refractivity contribution is -0.930. The van der Waals surface area contributed by atoms with E-state index < -0.39 is 42.7 Å². The van der Waals surface area contributed by atoms with Crippen LogP contribution in [-0.2, 0) is 4.74 Å². The summed E-state index contributed by atoms with van der Waals surface area (Å²) in [5.41, 5.74) is 20.5. The first-order valence-electron chi connectivity index (χ1n) is 35.1. The van der Waals surface area contributed by atoms with Crippen LogP contribution in [0.3, 0.4) is 0 Å². The number of ether oxygens (including phenoxy) is 1. The molecule has 0 aromatic heterocycles. The van der Waals surface area contributed by atoms with Gasteiger partial charge in [-0.2, -0.15) is 0 Å². The summed E-state index contributed by atoms with van der Waals surface area (Å²) in [5.74, 6) is 0.897. The van der Waals surface area contributed by atoms with Crippen molar-refractivity contribution in [2.75, 3.05) is 330 Å². The SMILES string of the molecule is C.C.CC[N+](C)(C)CC(O)C[NH+](CCCCN)CC(O)C[N+](C)(C)C.C[N+](C)(C)CC(O)C[NH+](CCCCN)CC(O)C[N+](C)(C)CC(O)C[N+](C)(C)C.C[N+](C)(C)CC(O)C[NH+](CCCCNCC(O)CCl)CC(O)C[N+](C)(C)CC(O)C[N+](C)(C)C.Cl.Cl.ClCC1CO1.NCN.[B].[Cl-].[Cl-].[Cl-].[Cl-].[Cl-].[Cl-].[Cl-].[Cl-].[Cl-]. The number of nitrogens with one attached hydrogen (secondary N) is 4. The van der Waals surface area contributed by atoms with Crippen molar-refractivity contribution in [3.63, 3.8) is 0 Å². The molecule has 1 aliphatic rings. The summed E-state index contributed by atoms with van der Waals surface area (Å²) in [6.07, 6.45) is 2.45. The molecule has 26 nitrogen and oxygen atoms in total. The van der Waals surface area contributed by atoms with Gasteiger partial charge in [-0.1, -0.05) is 14.9 Å². The highest BCUT2D eigenvalue weighted by atomic mass is 35.5. The van der Waals surface area contributed by atoms with Crippen LogP contribution in [0.15, 0.2) is 0 Å². The molecule has 1 rings (SSSR count). The van der Waals surface area contributed by atoms with E-state index in [1.165, 1.54) is 14.7 Å². The van der Waals surface area contributed by atoms with Gasteiger partial charge in [0.15, 0.2) is 48.8 Å². The van der Waals surface area contributed by atoms with Crippen LogP contribution in [0.5, 0.6) is 0 Å². The number of alkyl halides is 2. The first-order valence-corrected chi connectivity index (χ1v) is 36.2. The highest BCUT2D eigenvalue weighted by Gasteiger charge is 2.33. The maximum atomic E-state index is 10.9. The minimum atomic E-state index is -0.521. The first kappa shape index (κ1) is 155. The molecule has 0 spiro atoms. The van der Waals surface area contributed by atoms with Gasteiger partial charge >= 0.3 is 0 Å². The molecule has 679 valence electrons. The Morgan fingerprint density at radius 2 is 0.583 bits per heavy atom. The average molecular weight is 1850 g/mol. The smallest absolute Gasteiger partial charge is 0.152 e. The average Bonchev–Trinajstić information content (AvgIpc) is 0.911. The van der Waals surface area contributed by atoms with E-state index in [-0.39, 0.29) is 185 Å². The van der Waals surface area contributed by atoms with Crippen molar-refractivity contribution < 1.29 is 213 Å². The van der Waals surface area contributed by atoms with E-state index in [9.17, 15) is 46.0 Å². The molecule has 21 N–H and O–H groups in total. The fraction of sp³-hybridized carbons (Fsp3) is 1.00. The lowest BCUT2D eigenvalue weighted by atomic mass is 10.2. The number of aliphatic hydroxyl groups is 9. The van der Waals surface area contributed by atoms with Crippen LogP contribution in [0.4, 0.5) is 0 Å². The van der Waals surface area contributed by atoms with Crippen LogP contribution < -0.4 is 155 Å². The molecular weight excluding hydrogens is 1670 g/mol. The predicted octanol–water partition coefficient (Wildman–Crippen LogP) is -33.0. The molecule has 40 heteroatoms. The van der Waals surface area contributed by atoms with Gasteiger partial charge in [-0.05, 0) is 65.1 Å². The molecule has 0 amide bonds. The van der Waals surface area contributed by atoms with Crippen LogP contribution >= 0.6 is 48.0 Å². The number of nitrogens with zero attached hydrogens (tertiary/aromatic N) is 8. The highest BCUT2D eigenvalue weighted by Crippen LogP contribution is 2.10. The van der Waals surface area contributed by atoms with Crippen molar-refractivity contribution in [2.45, 2.75) is 121 Å². The number of epoxide rings is 1. The van der Waals surface area contributed by atoms with Crippen molar-refractivity contribution in [2.24, 2.45) is 22.9 Å². The van der Waals surface area contributed by atoms with Gasteiger partial charge in [0.2, 0.25) is 0 Å². The van der Waals surface area contributed by atoms with Crippen molar-refractivity contribution in [1.82, 2.24) is 5.32 Å². The van der Waals surface area contributed by atoms with Crippen LogP contribution in [-0.4, -0.2) is 481 Å². The van der Waals surface area contributed by atoms with Gasteiger partial charge in [0.1, 0.15) is 105 Å². The quantitative estimate of drug-likeness (QED) is 0.00672. The van der Waals surface area contributed by atoms with Gasteiger partial charge in [-0.3, -0.25) is 0 Å². The van der Waals surface area contributed by atoms with Gasteiger partial charge in [-0.15, -0.1) is 48.0 Å². The number of nitrogens with two attached hydrogens (primary N) is 4. The topological polar surface area (TPSA) is 324 Å². The van der Waals surface area contributed by atoms with Gasteiger partial charge in [0.25, 0.3) is 0 Å². The second-order valence-corrected chi connectivity index (χ2v) is 35.0. The highest BCUT2D eigenvalue weighted by molar-refractivity contribution is 6.18. The van der Waals surface area contributed by atoms with Crippen molar-refractivity contribution in [3.05, 3.63) is 0 Å². The second-order valence-electron chi connectivity index (χ2n) is 34.4. The Morgan fingerprint density at radius 3 is 0.778 bits per heavy atom. The molecule has 0 saturated carbocycles. The van der Waals surface area contributed by atoms with Crippen molar-refractivity contribution >= 4 is 56.4 Å². The molecule has 1 fully saturated rings. The van der Waals surface area contributed by atoms with E-state index in [1.54, 1.807) is 0 Å². The third kappa shape index (κ3) is 113. The number of halogens is 13. The zero-order valence-electron chi connectivity index (χ0n) is 69.7. The summed E-state index contributed by atoms with van der Waals surface area (Å²) in [6, 6.07) is 0. The molecule has 1 aliphatic heterocycles. The van der Waals surface area contributed by atoms with Gasteiger partial charge in [-0.25, -0.2) is 0 Å². The van der Waals surface area contributed by atoms with Crippen LogP contribution in [0.25, 0.3) is 0 Å². The molecule has 0 aliphatic carbocycles. The number of unbranched alkanes of at least 4 members (excludes halogenated alkanes) is 3. The minimum absolute atomic E-state index is 0. The van der Waals surface area contributed by atoms with Gasteiger partial charge in [0.05, 0.1) is 199 Å². The number of hydrogen-bond donors (Lipinski definition) is 17. The van der Waals surface area contributed by atoms with E-state index in [0.29, 0.717) is 150 Å². The van der Waals surface area contributed by atoms with Crippen LogP contribution in [0.2, 0.25) is 0 Å². The van der Waals surface area contributed by atoms with Gasteiger partial charge < -0.3 is 241 Å². The second kappa shape index (κ2) is 82.1. The monoisotopic (exact) mass is 1840 g/mol. The summed E-state index contributed by atoms with van der Waals surface area (Å²) in [4.78, 5) is 3.70. The lowest BCUT2D eigenvalue weighted by Gasteiger charge is -2.36. The maximum absolute atomic E-state index is 10.9. The zero-order chi connectivity index (χ0) is 74.0. The minimum Gasteiger partial charge on any atom is -1.00 e. The summed E-state index contributed by atoms with van der Waals surface area (Å²) in [5, 5.41) is 97.3. The Hall–Kier alpha value is 2.79. The third-order valence-corrected chi connectivity index (χ3v) is 16.3. The van der Waals surface area contributed by atoms with Crippen LogP contribution in [0.1, 0.15) is 60.3 Å². The van der Waals surface area contributed by atoms with Crippen molar-refractivity contribution in [1.29, 1.82) is 0 Å². The summed E-state index contributed by atoms with van der Waals surface area (Å²) in [7, 11) is 43.6. The number of likely N-dealkylation sites (N-methyl/N-ethyl adjacent to an activating group) is 8. The largest absolute Gasteiger partial charge is 1.00 e. The van der Waals surface area contributed by atoms with E-state index >= 15 is 0 Å². The zero-order valence-corrected chi connectivity index (χ0v) is 79.6. The normalized spacial score (nSPS) is 15.8. The summed E-state index contributed by atoms with van der Waals surface area (Å²) >= 11 is 10.9. The Kier molecular flexibility index (Phi) is 118. The fourth-order valence-corrected chi connectivity index (χ4v) is 12.1. The predicted molar refractivity (Wildman–Crippen MR) is 423 cm³/mol. The van der Waals surface area contributed by atoms with Gasteiger partial charge in [0, 0.05) is 27.5 Å². The number of quaternary nitrogens is 11. The Morgan fingerprint density at radius 1 is 0.370 bits per heavy atom. The Labute approximate surface area is 743 Å². The molecule has 13 unspecified atom stereocenters. The molecule has 0 aromatic carbocycles. The summed E-state index contributed by atoms with van der Waals surface area (Å²) < 4.78 is 10.2. The molecule has 0 bridgehead atoms. The van der Waals surface area contributed by atoms with E-state index in [1.807, 2.05) is 0 Å². The number of aliphatic hydroxyl groups excluding tert-OH is 9. The number of rotatable bonds is 50. The Balaban J connectivity index is -0.0000000634. The maximum Gasteiger partial charge on any atom is 0.152 e. The Bertz CT molecular complexity index is 1810. The van der Waals surface area contributed by atoms with E-state index in [4.69, 9.17) is 39.4 Å².